The smallest absolute Gasteiger partial charge is 0.150 e. The minimum absolute atomic E-state index is 0.105. The highest BCUT2D eigenvalue weighted by Crippen LogP contribution is 2.19. The first kappa shape index (κ1) is 14.6. The molecule has 2 atom stereocenters. The molecule has 3 rings (SSSR count). The molecule has 22 heavy (non-hydrogen) atoms. The molecule has 4 heteroatoms. The molecule has 2 aromatic rings. The molecule has 0 radical (unpaired) electrons. The Hall–Kier alpha value is -2.36. The number of hydrogen-bond donors (Lipinski definition) is 2. The van der Waals surface area contributed by atoms with Gasteiger partial charge in [0.15, 0.2) is 0 Å². The van der Waals surface area contributed by atoms with Crippen molar-refractivity contribution in [1.82, 2.24) is 20.6 Å². The topological polar surface area (TPSA) is 49.8 Å². The largest absolute Gasteiger partial charge is 0.386 e. The Kier molecular flexibility index (Phi) is 4.37. The first-order valence-corrected chi connectivity index (χ1v) is 7.85. The zero-order valence-electron chi connectivity index (χ0n) is 13.1. The van der Waals surface area contributed by atoms with E-state index in [1.165, 1.54) is 5.70 Å². The van der Waals surface area contributed by atoms with E-state index in [4.69, 9.17) is 0 Å². The Morgan fingerprint density at radius 1 is 1.18 bits per heavy atom. The van der Waals surface area contributed by atoms with E-state index in [9.17, 15) is 0 Å². The molecule has 0 spiro atoms. The van der Waals surface area contributed by atoms with Gasteiger partial charge < -0.3 is 10.6 Å². The van der Waals surface area contributed by atoms with Gasteiger partial charge in [-0.3, -0.25) is 0 Å². The predicted octanol–water partition coefficient (Wildman–Crippen LogP) is 3.41. The Morgan fingerprint density at radius 3 is 2.55 bits per heavy atom. The minimum Gasteiger partial charge on any atom is -0.386 e. The van der Waals surface area contributed by atoms with Crippen molar-refractivity contribution < 1.29 is 0 Å². The van der Waals surface area contributed by atoms with Gasteiger partial charge >= 0.3 is 0 Å². The van der Waals surface area contributed by atoms with Gasteiger partial charge in [-0.25, -0.2) is 9.97 Å². The molecule has 114 valence electrons. The number of hydrogen-bond acceptors (Lipinski definition) is 4. The Balaban J connectivity index is 1.65. The summed E-state index contributed by atoms with van der Waals surface area (Å²) in [4.78, 5) is 9.03. The lowest BCUT2D eigenvalue weighted by atomic mass is 10.1. The van der Waals surface area contributed by atoms with Gasteiger partial charge in [0, 0.05) is 42.3 Å². The monoisotopic (exact) mass is 294 g/mol. The molecule has 0 saturated heterocycles. The standard InChI is InChI=1S/C18H22N4/c1-3-16-9-17(12-19-16)22-13(2)18-20-10-15(11-21-18)14-7-5-4-6-8-14/h4-8,10-13,16,19,22H,3,9H2,1-2H3/t13?,16-/m0/s1. The molecule has 1 unspecified atom stereocenters. The maximum atomic E-state index is 4.51. The molecule has 1 aliphatic rings. The second kappa shape index (κ2) is 6.60. The summed E-state index contributed by atoms with van der Waals surface area (Å²) in [5.74, 6) is 0.820. The zero-order chi connectivity index (χ0) is 15.4. The molecule has 2 N–H and O–H groups in total. The highest BCUT2D eigenvalue weighted by molar-refractivity contribution is 5.60. The van der Waals surface area contributed by atoms with E-state index in [0.29, 0.717) is 6.04 Å². The number of benzene rings is 1. The second-order valence-corrected chi connectivity index (χ2v) is 5.71. The average Bonchev–Trinajstić information content (AvgIpc) is 3.03. The van der Waals surface area contributed by atoms with Crippen LogP contribution >= 0.6 is 0 Å². The third-order valence-electron chi connectivity index (χ3n) is 4.02. The van der Waals surface area contributed by atoms with E-state index in [2.05, 4.69) is 52.8 Å². The van der Waals surface area contributed by atoms with Gasteiger partial charge in [-0.1, -0.05) is 37.3 Å². The Morgan fingerprint density at radius 2 is 1.91 bits per heavy atom. The summed E-state index contributed by atoms with van der Waals surface area (Å²) >= 11 is 0. The molecular formula is C18H22N4. The van der Waals surface area contributed by atoms with Crippen LogP contribution in [0.1, 0.15) is 38.6 Å². The maximum absolute atomic E-state index is 4.51. The van der Waals surface area contributed by atoms with Crippen molar-refractivity contribution in [3.8, 4) is 11.1 Å². The normalized spacial score (nSPS) is 18.5. The average molecular weight is 294 g/mol. The van der Waals surface area contributed by atoms with Crippen LogP contribution in [0.4, 0.5) is 0 Å². The maximum Gasteiger partial charge on any atom is 0.150 e. The molecular weight excluding hydrogens is 272 g/mol. The molecule has 0 amide bonds. The summed E-state index contributed by atoms with van der Waals surface area (Å²) in [5, 5.41) is 6.87. The summed E-state index contributed by atoms with van der Waals surface area (Å²) in [5.41, 5.74) is 3.42. The predicted molar refractivity (Wildman–Crippen MR) is 88.9 cm³/mol. The number of aromatic nitrogens is 2. The van der Waals surface area contributed by atoms with Gasteiger partial charge in [-0.05, 0) is 18.9 Å². The molecule has 0 saturated carbocycles. The van der Waals surface area contributed by atoms with E-state index >= 15 is 0 Å². The van der Waals surface area contributed by atoms with Crippen LogP contribution in [0.3, 0.4) is 0 Å². The summed E-state index contributed by atoms with van der Waals surface area (Å²) in [6, 6.07) is 10.9. The fourth-order valence-corrected chi connectivity index (χ4v) is 2.65. The van der Waals surface area contributed by atoms with E-state index in [-0.39, 0.29) is 6.04 Å². The van der Waals surface area contributed by atoms with Crippen LogP contribution in [-0.4, -0.2) is 16.0 Å². The van der Waals surface area contributed by atoms with Crippen molar-refractivity contribution in [2.75, 3.05) is 0 Å². The molecule has 2 heterocycles. The van der Waals surface area contributed by atoms with E-state index < -0.39 is 0 Å². The highest BCUT2D eigenvalue weighted by atomic mass is 15.0. The van der Waals surface area contributed by atoms with Crippen molar-refractivity contribution in [2.24, 2.45) is 0 Å². The van der Waals surface area contributed by atoms with Crippen LogP contribution in [0.2, 0.25) is 0 Å². The van der Waals surface area contributed by atoms with Crippen molar-refractivity contribution in [3.05, 3.63) is 60.4 Å². The van der Waals surface area contributed by atoms with E-state index in [1.807, 2.05) is 30.6 Å². The van der Waals surface area contributed by atoms with Crippen LogP contribution in [0.5, 0.6) is 0 Å². The molecule has 1 aromatic heterocycles. The molecule has 1 aliphatic heterocycles. The van der Waals surface area contributed by atoms with Crippen LogP contribution in [-0.2, 0) is 0 Å². The van der Waals surface area contributed by atoms with Crippen LogP contribution in [0, 0.1) is 0 Å². The second-order valence-electron chi connectivity index (χ2n) is 5.71. The zero-order valence-corrected chi connectivity index (χ0v) is 13.1. The summed E-state index contributed by atoms with van der Waals surface area (Å²) in [6.45, 7) is 4.29. The molecule has 0 fully saturated rings. The van der Waals surface area contributed by atoms with Gasteiger partial charge in [0.2, 0.25) is 0 Å². The van der Waals surface area contributed by atoms with Crippen molar-refractivity contribution in [2.45, 2.75) is 38.8 Å². The number of nitrogens with one attached hydrogen (secondary N) is 2. The van der Waals surface area contributed by atoms with Crippen molar-refractivity contribution in [1.29, 1.82) is 0 Å². The first-order chi connectivity index (χ1) is 10.8. The number of nitrogens with zero attached hydrogens (tertiary/aromatic N) is 2. The fourth-order valence-electron chi connectivity index (χ4n) is 2.65. The van der Waals surface area contributed by atoms with Gasteiger partial charge in [-0.2, -0.15) is 0 Å². The van der Waals surface area contributed by atoms with Crippen molar-refractivity contribution >= 4 is 0 Å². The van der Waals surface area contributed by atoms with Gasteiger partial charge in [-0.15, -0.1) is 0 Å². The third-order valence-corrected chi connectivity index (χ3v) is 4.02. The molecule has 1 aromatic carbocycles. The van der Waals surface area contributed by atoms with Crippen molar-refractivity contribution in [3.63, 3.8) is 0 Å². The fraction of sp³-hybridized carbons (Fsp3) is 0.333. The lowest BCUT2D eigenvalue weighted by Gasteiger charge is -2.15. The molecule has 0 bridgehead atoms. The Labute approximate surface area is 131 Å². The molecule has 4 nitrogen and oxygen atoms in total. The van der Waals surface area contributed by atoms with Crippen LogP contribution < -0.4 is 10.6 Å². The lowest BCUT2D eigenvalue weighted by Crippen LogP contribution is -2.21. The van der Waals surface area contributed by atoms with E-state index in [0.717, 1.165) is 29.8 Å². The quantitative estimate of drug-likeness (QED) is 0.887. The van der Waals surface area contributed by atoms with Crippen LogP contribution in [0.25, 0.3) is 11.1 Å². The summed E-state index contributed by atoms with van der Waals surface area (Å²) in [6.07, 6.45) is 8.04. The van der Waals surface area contributed by atoms with Crippen LogP contribution in [0.15, 0.2) is 54.6 Å². The SMILES string of the molecule is CC[C@H]1CC(NC(C)c2ncc(-c3ccccc3)cn2)=CN1. The highest BCUT2D eigenvalue weighted by Gasteiger charge is 2.17. The molecule has 0 aliphatic carbocycles. The lowest BCUT2D eigenvalue weighted by molar-refractivity contribution is 0.559. The summed E-state index contributed by atoms with van der Waals surface area (Å²) < 4.78 is 0. The van der Waals surface area contributed by atoms with Gasteiger partial charge in [0.05, 0.1) is 6.04 Å². The van der Waals surface area contributed by atoms with Gasteiger partial charge in [0.25, 0.3) is 0 Å². The first-order valence-electron chi connectivity index (χ1n) is 7.85. The Bertz CT molecular complexity index is 634. The van der Waals surface area contributed by atoms with Gasteiger partial charge in [0.1, 0.15) is 5.82 Å². The van der Waals surface area contributed by atoms with E-state index in [1.54, 1.807) is 0 Å². The minimum atomic E-state index is 0.105. The summed E-state index contributed by atoms with van der Waals surface area (Å²) in [7, 11) is 0. The number of rotatable bonds is 5. The third kappa shape index (κ3) is 3.27.